The van der Waals surface area contributed by atoms with Crippen LogP contribution in [0.2, 0.25) is 0 Å². The summed E-state index contributed by atoms with van der Waals surface area (Å²) in [4.78, 5) is 11.0. The predicted molar refractivity (Wildman–Crippen MR) is 94.8 cm³/mol. The second-order valence-corrected chi connectivity index (χ2v) is 6.16. The average molecular weight is 320 g/mol. The molecule has 4 rings (SSSR count). The highest BCUT2D eigenvalue weighted by atomic mass is 15.3. The highest BCUT2D eigenvalue weighted by molar-refractivity contribution is 5.77. The van der Waals surface area contributed by atoms with Gasteiger partial charge in [0.25, 0.3) is 0 Å². The number of rotatable bonds is 2. The van der Waals surface area contributed by atoms with E-state index in [0.717, 1.165) is 36.6 Å². The minimum absolute atomic E-state index is 0.556. The van der Waals surface area contributed by atoms with Gasteiger partial charge < -0.3 is 10.6 Å². The van der Waals surface area contributed by atoms with E-state index in [9.17, 15) is 0 Å². The summed E-state index contributed by atoms with van der Waals surface area (Å²) in [6.07, 6.45) is 3.73. The number of hydrogen-bond acceptors (Lipinski definition) is 5. The number of aryl methyl sites for hydroxylation is 3. The van der Waals surface area contributed by atoms with Crippen molar-refractivity contribution in [2.45, 2.75) is 26.7 Å². The monoisotopic (exact) mass is 320 g/mol. The first-order valence-electron chi connectivity index (χ1n) is 8.14. The zero-order chi connectivity index (χ0) is 16.7. The topological polar surface area (TPSA) is 72.9 Å². The molecule has 3 aromatic rings. The third-order valence-corrected chi connectivity index (χ3v) is 4.42. The molecule has 24 heavy (non-hydrogen) atoms. The molecule has 2 N–H and O–H groups in total. The Morgan fingerprint density at radius 2 is 1.88 bits per heavy atom. The van der Waals surface area contributed by atoms with E-state index in [1.807, 2.05) is 19.9 Å². The summed E-state index contributed by atoms with van der Waals surface area (Å²) >= 11 is 0. The molecular weight excluding hydrogens is 300 g/mol. The number of aromatic nitrogens is 4. The highest BCUT2D eigenvalue weighted by Gasteiger charge is 2.23. The van der Waals surface area contributed by atoms with Crippen molar-refractivity contribution in [3.8, 4) is 5.82 Å². The van der Waals surface area contributed by atoms with E-state index in [1.54, 1.807) is 11.0 Å². The fourth-order valence-electron chi connectivity index (χ4n) is 3.36. The second-order valence-electron chi connectivity index (χ2n) is 6.16. The van der Waals surface area contributed by atoms with Gasteiger partial charge in [0.05, 0.1) is 5.69 Å². The Labute approximate surface area is 141 Å². The summed E-state index contributed by atoms with van der Waals surface area (Å²) in [5.74, 6) is 1.38. The van der Waals surface area contributed by atoms with Crippen LogP contribution in [0.25, 0.3) is 5.82 Å². The minimum atomic E-state index is 0.556. The van der Waals surface area contributed by atoms with Gasteiger partial charge in [0.15, 0.2) is 11.6 Å². The molecule has 3 heterocycles. The molecule has 0 saturated heterocycles. The van der Waals surface area contributed by atoms with Crippen LogP contribution in [0.4, 0.5) is 17.2 Å². The quantitative estimate of drug-likeness (QED) is 0.786. The molecule has 2 aromatic heterocycles. The van der Waals surface area contributed by atoms with E-state index in [4.69, 9.17) is 5.73 Å². The Bertz CT molecular complexity index is 898. The molecule has 6 heteroatoms. The van der Waals surface area contributed by atoms with Gasteiger partial charge in [-0.2, -0.15) is 5.10 Å². The van der Waals surface area contributed by atoms with Gasteiger partial charge in [-0.25, -0.2) is 14.6 Å². The second kappa shape index (κ2) is 5.63. The van der Waals surface area contributed by atoms with Gasteiger partial charge in [-0.3, -0.25) is 0 Å². The number of nitrogens with zero attached hydrogens (tertiary/aromatic N) is 5. The van der Waals surface area contributed by atoms with Crippen molar-refractivity contribution in [1.82, 2.24) is 19.7 Å². The maximum atomic E-state index is 6.45. The molecule has 0 spiro atoms. The highest BCUT2D eigenvalue weighted by Crippen LogP contribution is 2.36. The number of hydrogen-bond donors (Lipinski definition) is 1. The number of benzene rings is 1. The Hall–Kier alpha value is -2.89. The zero-order valence-electron chi connectivity index (χ0n) is 13.9. The molecule has 0 fully saturated rings. The molecule has 0 saturated carbocycles. The summed E-state index contributed by atoms with van der Waals surface area (Å²) in [6.45, 7) is 4.86. The van der Waals surface area contributed by atoms with Gasteiger partial charge in [0.1, 0.15) is 12.0 Å². The molecule has 0 amide bonds. The Kier molecular flexibility index (Phi) is 3.45. The van der Waals surface area contributed by atoms with E-state index in [-0.39, 0.29) is 0 Å². The van der Waals surface area contributed by atoms with E-state index >= 15 is 0 Å². The number of nitrogens with two attached hydrogens (primary N) is 1. The lowest BCUT2D eigenvalue weighted by Gasteiger charge is -2.31. The van der Waals surface area contributed by atoms with E-state index < -0.39 is 0 Å². The number of nitrogen functional groups attached to an aromatic ring is 1. The van der Waals surface area contributed by atoms with Crippen LogP contribution in [-0.4, -0.2) is 26.3 Å². The molecule has 1 aliphatic heterocycles. The van der Waals surface area contributed by atoms with Gasteiger partial charge >= 0.3 is 0 Å². The van der Waals surface area contributed by atoms with Crippen molar-refractivity contribution in [2.24, 2.45) is 0 Å². The van der Waals surface area contributed by atoms with Gasteiger partial charge in [-0.1, -0.05) is 18.2 Å². The first kappa shape index (κ1) is 14.7. The largest absolute Gasteiger partial charge is 0.393 e. The molecule has 6 nitrogen and oxygen atoms in total. The lowest BCUT2D eigenvalue weighted by atomic mass is 10.0. The first-order chi connectivity index (χ1) is 11.6. The summed E-state index contributed by atoms with van der Waals surface area (Å²) in [5.41, 5.74) is 11.5. The van der Waals surface area contributed by atoms with E-state index in [0.29, 0.717) is 11.5 Å². The third-order valence-electron chi connectivity index (χ3n) is 4.42. The lowest BCUT2D eigenvalue weighted by molar-refractivity contribution is 0.754. The first-order valence-corrected chi connectivity index (χ1v) is 8.14. The molecular formula is C18H20N6. The van der Waals surface area contributed by atoms with Crippen molar-refractivity contribution in [2.75, 3.05) is 17.2 Å². The molecule has 0 unspecified atom stereocenters. The lowest BCUT2D eigenvalue weighted by Crippen LogP contribution is -2.26. The van der Waals surface area contributed by atoms with Crippen LogP contribution in [0.15, 0.2) is 36.7 Å². The third kappa shape index (κ3) is 2.31. The summed E-state index contributed by atoms with van der Waals surface area (Å²) in [6, 6.07) is 10.4. The Morgan fingerprint density at radius 1 is 1.08 bits per heavy atom. The maximum absolute atomic E-state index is 6.45. The fourth-order valence-corrected chi connectivity index (χ4v) is 3.36. The maximum Gasteiger partial charge on any atom is 0.182 e. The van der Waals surface area contributed by atoms with Crippen LogP contribution >= 0.6 is 0 Å². The van der Waals surface area contributed by atoms with Crippen LogP contribution < -0.4 is 10.6 Å². The zero-order valence-corrected chi connectivity index (χ0v) is 13.9. The fraction of sp³-hybridized carbons (Fsp3) is 0.278. The molecule has 0 bridgehead atoms. The standard InChI is InChI=1S/C18H20N6/c1-12-10-13(2)24(22-12)18-16(19)17(20-11-21-18)23-9-5-7-14-6-3-4-8-15(14)23/h3-4,6,8,10-11H,5,7,9,19H2,1-2H3. The normalized spacial score (nSPS) is 13.8. The number of anilines is 3. The molecule has 0 aliphatic carbocycles. The van der Waals surface area contributed by atoms with Gasteiger partial charge in [0, 0.05) is 17.9 Å². The van der Waals surface area contributed by atoms with E-state index in [2.05, 4.69) is 44.2 Å². The van der Waals surface area contributed by atoms with Crippen molar-refractivity contribution in [3.05, 3.63) is 53.6 Å². The van der Waals surface area contributed by atoms with Gasteiger partial charge in [0.2, 0.25) is 0 Å². The van der Waals surface area contributed by atoms with Crippen LogP contribution in [0.1, 0.15) is 23.4 Å². The summed E-state index contributed by atoms with van der Waals surface area (Å²) in [5, 5.41) is 4.50. The Balaban J connectivity index is 1.84. The predicted octanol–water partition coefficient (Wildman–Crippen LogP) is 2.95. The van der Waals surface area contributed by atoms with Crippen LogP contribution in [0.3, 0.4) is 0 Å². The van der Waals surface area contributed by atoms with E-state index in [1.165, 1.54) is 11.3 Å². The van der Waals surface area contributed by atoms with Gasteiger partial charge in [-0.05, 0) is 44.4 Å². The molecule has 1 aliphatic rings. The molecule has 1 aromatic carbocycles. The van der Waals surface area contributed by atoms with Gasteiger partial charge in [-0.15, -0.1) is 0 Å². The summed E-state index contributed by atoms with van der Waals surface area (Å²) in [7, 11) is 0. The van der Waals surface area contributed by atoms with Crippen molar-refractivity contribution in [1.29, 1.82) is 0 Å². The average Bonchev–Trinajstić information content (AvgIpc) is 2.93. The SMILES string of the molecule is Cc1cc(C)n(-c2ncnc(N3CCCc4ccccc43)c2N)n1. The molecule has 0 radical (unpaired) electrons. The Morgan fingerprint density at radius 3 is 2.67 bits per heavy atom. The molecule has 122 valence electrons. The van der Waals surface area contributed by atoms with Crippen molar-refractivity contribution < 1.29 is 0 Å². The molecule has 0 atom stereocenters. The van der Waals surface area contributed by atoms with Crippen molar-refractivity contribution in [3.63, 3.8) is 0 Å². The number of fused-ring (bicyclic) bond motifs is 1. The van der Waals surface area contributed by atoms with Crippen LogP contribution in [-0.2, 0) is 6.42 Å². The number of para-hydroxylation sites is 1. The summed E-state index contributed by atoms with van der Waals surface area (Å²) < 4.78 is 1.78. The smallest absolute Gasteiger partial charge is 0.182 e. The van der Waals surface area contributed by atoms with Crippen LogP contribution in [0, 0.1) is 13.8 Å². The minimum Gasteiger partial charge on any atom is -0.393 e. The van der Waals surface area contributed by atoms with Crippen molar-refractivity contribution >= 4 is 17.2 Å². The van der Waals surface area contributed by atoms with Crippen LogP contribution in [0.5, 0.6) is 0 Å².